The predicted molar refractivity (Wildman–Crippen MR) is 80.2 cm³/mol. The normalized spacial score (nSPS) is 21.4. The summed E-state index contributed by atoms with van der Waals surface area (Å²) in [6.45, 7) is 4.07. The van der Waals surface area contributed by atoms with E-state index in [1.807, 2.05) is 0 Å². The van der Waals surface area contributed by atoms with Crippen molar-refractivity contribution in [2.75, 3.05) is 0 Å². The zero-order valence-electron chi connectivity index (χ0n) is 13.4. The van der Waals surface area contributed by atoms with Gasteiger partial charge in [0.25, 0.3) is 0 Å². The summed E-state index contributed by atoms with van der Waals surface area (Å²) in [6.07, 6.45) is 3.84. The maximum Gasteiger partial charge on any atom is 0.331 e. The maximum absolute atomic E-state index is 11.1. The van der Waals surface area contributed by atoms with E-state index in [4.69, 9.17) is 14.2 Å². The summed E-state index contributed by atoms with van der Waals surface area (Å²) in [4.78, 5) is 33.2. The van der Waals surface area contributed by atoms with Gasteiger partial charge < -0.3 is 19.3 Å². The van der Waals surface area contributed by atoms with Crippen molar-refractivity contribution in [1.82, 2.24) is 0 Å². The van der Waals surface area contributed by atoms with Crippen molar-refractivity contribution < 1.29 is 33.7 Å². The third kappa shape index (κ3) is 7.60. The van der Waals surface area contributed by atoms with Gasteiger partial charge in [-0.3, -0.25) is 9.59 Å². The number of cyclic esters (lactones) is 1. The summed E-state index contributed by atoms with van der Waals surface area (Å²) in [6, 6.07) is 0. The van der Waals surface area contributed by atoms with E-state index in [9.17, 15) is 19.5 Å². The predicted octanol–water partition coefficient (Wildman–Crippen LogP) is 1.05. The number of aliphatic hydroxyl groups is 1. The Morgan fingerprint density at radius 3 is 2.61 bits per heavy atom. The van der Waals surface area contributed by atoms with Crippen molar-refractivity contribution in [1.29, 1.82) is 0 Å². The average molecular weight is 326 g/mol. The second-order valence-electron chi connectivity index (χ2n) is 5.26. The third-order valence-corrected chi connectivity index (χ3v) is 3.10. The first-order valence-corrected chi connectivity index (χ1v) is 7.36. The van der Waals surface area contributed by atoms with Gasteiger partial charge >= 0.3 is 17.9 Å². The van der Waals surface area contributed by atoms with Crippen LogP contribution in [0.1, 0.15) is 33.6 Å². The summed E-state index contributed by atoms with van der Waals surface area (Å²) in [5, 5.41) is 10.0. The van der Waals surface area contributed by atoms with Crippen LogP contribution in [0.5, 0.6) is 0 Å². The van der Waals surface area contributed by atoms with Crippen LogP contribution in [0.25, 0.3) is 0 Å². The average Bonchev–Trinajstić information content (AvgIpc) is 2.43. The Morgan fingerprint density at radius 1 is 1.39 bits per heavy atom. The van der Waals surface area contributed by atoms with Gasteiger partial charge in [0.1, 0.15) is 18.3 Å². The van der Waals surface area contributed by atoms with E-state index < -0.39 is 42.3 Å². The van der Waals surface area contributed by atoms with Crippen LogP contribution in [-0.4, -0.2) is 47.4 Å². The number of carbonyl (C=O) groups excluding carboxylic acids is 3. The zero-order valence-corrected chi connectivity index (χ0v) is 13.4. The van der Waals surface area contributed by atoms with Gasteiger partial charge in [0, 0.05) is 32.8 Å². The second kappa shape index (κ2) is 9.09. The Labute approximate surface area is 134 Å². The fourth-order valence-electron chi connectivity index (χ4n) is 2.11. The second-order valence-corrected chi connectivity index (χ2v) is 5.26. The summed E-state index contributed by atoms with van der Waals surface area (Å²) in [7, 11) is 0. The molecule has 0 fully saturated rings. The molecule has 1 aliphatic heterocycles. The molecule has 1 N–H and O–H groups in total. The molecule has 0 radical (unpaired) electrons. The zero-order chi connectivity index (χ0) is 17.4. The van der Waals surface area contributed by atoms with Gasteiger partial charge in [-0.2, -0.15) is 0 Å². The van der Waals surface area contributed by atoms with Crippen molar-refractivity contribution >= 4 is 17.9 Å². The van der Waals surface area contributed by atoms with Crippen LogP contribution in [0.15, 0.2) is 24.3 Å². The third-order valence-electron chi connectivity index (χ3n) is 3.10. The number of hydrogen-bond donors (Lipinski definition) is 1. The van der Waals surface area contributed by atoms with Gasteiger partial charge in [0.05, 0.1) is 6.10 Å². The first-order chi connectivity index (χ1) is 10.8. The molecule has 0 saturated carbocycles. The Balaban J connectivity index is 2.59. The fourth-order valence-corrected chi connectivity index (χ4v) is 2.11. The summed E-state index contributed by atoms with van der Waals surface area (Å²) in [5.41, 5.74) is 0. The molecule has 0 aliphatic carbocycles. The topological polar surface area (TPSA) is 99.1 Å². The van der Waals surface area contributed by atoms with Crippen LogP contribution in [0, 0.1) is 0 Å². The quantitative estimate of drug-likeness (QED) is 0.424. The molecule has 0 bridgehead atoms. The Bertz CT molecular complexity index is 495. The van der Waals surface area contributed by atoms with E-state index in [0.717, 1.165) is 0 Å². The number of rotatable bonds is 7. The molecular weight excluding hydrogens is 304 g/mol. The molecule has 0 aromatic rings. The molecule has 1 rings (SSSR count). The molecule has 0 aromatic heterocycles. The highest BCUT2D eigenvalue weighted by Gasteiger charge is 2.25. The molecular formula is C16H22O7. The van der Waals surface area contributed by atoms with Crippen molar-refractivity contribution in [3.8, 4) is 0 Å². The van der Waals surface area contributed by atoms with Gasteiger partial charge in [0.15, 0.2) is 0 Å². The van der Waals surface area contributed by atoms with Gasteiger partial charge in [-0.15, -0.1) is 0 Å². The minimum absolute atomic E-state index is 0.0566. The van der Waals surface area contributed by atoms with E-state index in [1.165, 1.54) is 26.0 Å². The van der Waals surface area contributed by atoms with Crippen molar-refractivity contribution in [3.05, 3.63) is 24.3 Å². The lowest BCUT2D eigenvalue weighted by atomic mass is 10.1. The van der Waals surface area contributed by atoms with Crippen LogP contribution in [-0.2, 0) is 28.6 Å². The van der Waals surface area contributed by atoms with Gasteiger partial charge in [-0.05, 0) is 13.0 Å². The summed E-state index contributed by atoms with van der Waals surface area (Å²) >= 11 is 0. The van der Waals surface area contributed by atoms with Gasteiger partial charge in [-0.25, -0.2) is 4.79 Å². The summed E-state index contributed by atoms with van der Waals surface area (Å²) in [5.74, 6) is -1.46. The SMILES string of the molecule is CC(=O)O[C@@H](C)[C@H](C[C@H](O)/C=C\[C@H]1CC=CC(=O)O1)OC(C)=O. The number of esters is 3. The number of hydrogen-bond acceptors (Lipinski definition) is 7. The highest BCUT2D eigenvalue weighted by atomic mass is 16.6. The molecule has 0 amide bonds. The monoisotopic (exact) mass is 326 g/mol. The first-order valence-electron chi connectivity index (χ1n) is 7.36. The first kappa shape index (κ1) is 18.9. The molecule has 7 nitrogen and oxygen atoms in total. The fraction of sp³-hybridized carbons (Fsp3) is 0.562. The van der Waals surface area contributed by atoms with Gasteiger partial charge in [0.2, 0.25) is 0 Å². The minimum atomic E-state index is -0.943. The summed E-state index contributed by atoms with van der Waals surface area (Å²) < 4.78 is 15.1. The lowest BCUT2D eigenvalue weighted by molar-refractivity contribution is -0.165. The standard InChI is InChI=1S/C16H22O7/c1-10(21-11(2)17)15(22-12(3)18)9-13(19)7-8-14-5-4-6-16(20)23-14/h4,6-8,10,13-15,19H,5,9H2,1-3H3/b8-7-/t10-,13+,14+,15-/m0/s1. The largest absolute Gasteiger partial charge is 0.459 e. The van der Waals surface area contributed by atoms with Crippen LogP contribution in [0.2, 0.25) is 0 Å². The van der Waals surface area contributed by atoms with Crippen LogP contribution >= 0.6 is 0 Å². The number of aliphatic hydroxyl groups excluding tert-OH is 1. The Hall–Kier alpha value is -2.15. The lowest BCUT2D eigenvalue weighted by Crippen LogP contribution is -2.34. The molecule has 128 valence electrons. The highest BCUT2D eigenvalue weighted by Crippen LogP contribution is 2.14. The van der Waals surface area contributed by atoms with Crippen LogP contribution < -0.4 is 0 Å². The molecule has 4 atom stereocenters. The Morgan fingerprint density at radius 2 is 2.04 bits per heavy atom. The van der Waals surface area contributed by atoms with E-state index >= 15 is 0 Å². The molecule has 0 saturated heterocycles. The van der Waals surface area contributed by atoms with E-state index in [-0.39, 0.29) is 6.42 Å². The minimum Gasteiger partial charge on any atom is -0.459 e. The molecule has 0 unspecified atom stereocenters. The molecule has 7 heteroatoms. The highest BCUT2D eigenvalue weighted by molar-refractivity contribution is 5.82. The molecule has 0 spiro atoms. The molecule has 0 aromatic carbocycles. The maximum atomic E-state index is 11.1. The van der Waals surface area contributed by atoms with E-state index in [0.29, 0.717) is 6.42 Å². The van der Waals surface area contributed by atoms with Crippen molar-refractivity contribution in [2.45, 2.75) is 58.0 Å². The van der Waals surface area contributed by atoms with E-state index in [1.54, 1.807) is 19.1 Å². The van der Waals surface area contributed by atoms with Crippen LogP contribution in [0.3, 0.4) is 0 Å². The van der Waals surface area contributed by atoms with E-state index in [2.05, 4.69) is 0 Å². The lowest BCUT2D eigenvalue weighted by Gasteiger charge is -2.24. The smallest absolute Gasteiger partial charge is 0.331 e. The number of carbonyl (C=O) groups is 3. The van der Waals surface area contributed by atoms with Crippen molar-refractivity contribution in [2.24, 2.45) is 0 Å². The molecule has 1 heterocycles. The number of ether oxygens (including phenoxy) is 3. The molecule has 23 heavy (non-hydrogen) atoms. The van der Waals surface area contributed by atoms with Gasteiger partial charge in [-0.1, -0.05) is 12.2 Å². The Kier molecular flexibility index (Phi) is 7.47. The molecule has 1 aliphatic rings. The van der Waals surface area contributed by atoms with Crippen LogP contribution in [0.4, 0.5) is 0 Å². The van der Waals surface area contributed by atoms with Crippen molar-refractivity contribution in [3.63, 3.8) is 0 Å².